The van der Waals surface area contributed by atoms with Crippen LogP contribution in [-0.2, 0) is 16.3 Å². The van der Waals surface area contributed by atoms with Crippen LogP contribution in [0.1, 0.15) is 5.56 Å². The van der Waals surface area contributed by atoms with Gasteiger partial charge in [-0.3, -0.25) is 0 Å². The number of hydrogen-bond donors (Lipinski definition) is 1. The highest BCUT2D eigenvalue weighted by Crippen LogP contribution is 2.39. The van der Waals surface area contributed by atoms with Gasteiger partial charge in [-0.05, 0) is 30.2 Å². The van der Waals surface area contributed by atoms with Crippen molar-refractivity contribution in [3.63, 3.8) is 0 Å². The van der Waals surface area contributed by atoms with E-state index < -0.39 is 9.84 Å². The van der Waals surface area contributed by atoms with Crippen LogP contribution in [0.4, 0.5) is 17.1 Å². The average molecular weight is 288 g/mol. The summed E-state index contributed by atoms with van der Waals surface area (Å²) in [6, 6.07) is 13.3. The maximum atomic E-state index is 11.8. The number of anilines is 3. The fourth-order valence-corrected chi connectivity index (χ4v) is 3.51. The molecule has 1 heterocycles. The summed E-state index contributed by atoms with van der Waals surface area (Å²) in [5, 5.41) is 0. The number of rotatable bonds is 2. The molecule has 0 saturated heterocycles. The second-order valence-corrected chi connectivity index (χ2v) is 6.98. The summed E-state index contributed by atoms with van der Waals surface area (Å²) in [7, 11) is -3.31. The van der Waals surface area contributed by atoms with E-state index >= 15 is 0 Å². The SMILES string of the molecule is CS(=O)(=O)c1cccc(N2CCc3ccccc32)c1N. The first-order valence-electron chi connectivity index (χ1n) is 6.42. The van der Waals surface area contributed by atoms with Gasteiger partial charge >= 0.3 is 0 Å². The van der Waals surface area contributed by atoms with Gasteiger partial charge in [-0.2, -0.15) is 0 Å². The summed E-state index contributed by atoms with van der Waals surface area (Å²) < 4.78 is 23.5. The van der Waals surface area contributed by atoms with Gasteiger partial charge in [0.25, 0.3) is 0 Å². The molecule has 2 N–H and O–H groups in total. The van der Waals surface area contributed by atoms with E-state index in [0.717, 1.165) is 24.3 Å². The Balaban J connectivity index is 2.14. The van der Waals surface area contributed by atoms with E-state index in [1.165, 1.54) is 11.8 Å². The first kappa shape index (κ1) is 13.0. The third kappa shape index (κ3) is 2.04. The molecule has 4 nitrogen and oxygen atoms in total. The van der Waals surface area contributed by atoms with Gasteiger partial charge in [0.1, 0.15) is 0 Å². The normalized spacial score (nSPS) is 14.3. The molecule has 0 amide bonds. The van der Waals surface area contributed by atoms with Crippen molar-refractivity contribution >= 4 is 26.9 Å². The van der Waals surface area contributed by atoms with Gasteiger partial charge in [0.2, 0.25) is 0 Å². The third-order valence-corrected chi connectivity index (χ3v) is 4.78. The lowest BCUT2D eigenvalue weighted by molar-refractivity contribution is 0.602. The highest BCUT2D eigenvalue weighted by atomic mass is 32.2. The number of nitrogen functional groups attached to an aromatic ring is 1. The number of benzene rings is 2. The molecule has 0 radical (unpaired) electrons. The number of nitrogens with two attached hydrogens (primary N) is 1. The number of fused-ring (bicyclic) bond motifs is 1. The van der Waals surface area contributed by atoms with Crippen molar-refractivity contribution < 1.29 is 8.42 Å². The van der Waals surface area contributed by atoms with Crippen LogP contribution in [0.3, 0.4) is 0 Å². The molecule has 0 spiro atoms. The van der Waals surface area contributed by atoms with E-state index in [-0.39, 0.29) is 4.90 Å². The van der Waals surface area contributed by atoms with Crippen LogP contribution in [0.15, 0.2) is 47.4 Å². The Morgan fingerprint density at radius 2 is 1.75 bits per heavy atom. The third-order valence-electron chi connectivity index (χ3n) is 3.62. The lowest BCUT2D eigenvalue weighted by Gasteiger charge is -2.22. The molecular formula is C15H16N2O2S. The molecule has 20 heavy (non-hydrogen) atoms. The van der Waals surface area contributed by atoms with Crippen molar-refractivity contribution in [2.75, 3.05) is 23.4 Å². The van der Waals surface area contributed by atoms with Crippen molar-refractivity contribution in [1.29, 1.82) is 0 Å². The van der Waals surface area contributed by atoms with Gasteiger partial charge in [-0.1, -0.05) is 24.3 Å². The fraction of sp³-hybridized carbons (Fsp3) is 0.200. The van der Waals surface area contributed by atoms with Crippen LogP contribution in [0, 0.1) is 0 Å². The molecule has 2 aromatic rings. The smallest absolute Gasteiger partial charge is 0.177 e. The lowest BCUT2D eigenvalue weighted by atomic mass is 10.2. The van der Waals surface area contributed by atoms with Crippen LogP contribution >= 0.6 is 0 Å². The minimum Gasteiger partial charge on any atom is -0.396 e. The maximum absolute atomic E-state index is 11.8. The predicted octanol–water partition coefficient (Wildman–Crippen LogP) is 2.37. The Hall–Kier alpha value is -2.01. The molecule has 0 bridgehead atoms. The largest absolute Gasteiger partial charge is 0.396 e. The van der Waals surface area contributed by atoms with Gasteiger partial charge in [0.15, 0.2) is 9.84 Å². The van der Waals surface area contributed by atoms with Crippen molar-refractivity contribution in [1.82, 2.24) is 0 Å². The van der Waals surface area contributed by atoms with Crippen molar-refractivity contribution in [2.24, 2.45) is 0 Å². The summed E-state index contributed by atoms with van der Waals surface area (Å²) in [5.41, 5.74) is 9.54. The summed E-state index contributed by atoms with van der Waals surface area (Å²) in [6.07, 6.45) is 2.12. The standard InChI is InChI=1S/C15H16N2O2S/c1-20(18,19)14-8-4-7-13(15(14)16)17-10-9-11-5-2-3-6-12(11)17/h2-8H,9-10,16H2,1H3. The maximum Gasteiger partial charge on any atom is 0.177 e. The van der Waals surface area contributed by atoms with Gasteiger partial charge in [-0.15, -0.1) is 0 Å². The molecule has 5 heteroatoms. The van der Waals surface area contributed by atoms with E-state index in [2.05, 4.69) is 11.0 Å². The van der Waals surface area contributed by atoms with Crippen LogP contribution in [-0.4, -0.2) is 21.2 Å². The van der Waals surface area contributed by atoms with Crippen molar-refractivity contribution in [2.45, 2.75) is 11.3 Å². The average Bonchev–Trinajstić information content (AvgIpc) is 2.81. The Morgan fingerprint density at radius 1 is 1.05 bits per heavy atom. The second kappa shape index (κ2) is 4.52. The number of nitrogens with zero attached hydrogens (tertiary/aromatic N) is 1. The summed E-state index contributed by atoms with van der Waals surface area (Å²) >= 11 is 0. The number of hydrogen-bond acceptors (Lipinski definition) is 4. The zero-order chi connectivity index (χ0) is 14.3. The molecule has 0 aliphatic carbocycles. The van der Waals surface area contributed by atoms with Crippen LogP contribution < -0.4 is 10.6 Å². The molecule has 3 rings (SSSR count). The molecular weight excluding hydrogens is 272 g/mol. The molecule has 0 aromatic heterocycles. The van der Waals surface area contributed by atoms with E-state index in [9.17, 15) is 8.42 Å². The first-order valence-corrected chi connectivity index (χ1v) is 8.31. The molecule has 1 aliphatic heterocycles. The summed E-state index contributed by atoms with van der Waals surface area (Å²) in [5.74, 6) is 0. The molecule has 0 atom stereocenters. The Labute approximate surface area is 118 Å². The molecule has 2 aromatic carbocycles. The number of para-hydroxylation sites is 2. The lowest BCUT2D eigenvalue weighted by Crippen LogP contribution is -2.16. The zero-order valence-electron chi connectivity index (χ0n) is 11.2. The predicted molar refractivity (Wildman–Crippen MR) is 81.1 cm³/mol. The van der Waals surface area contributed by atoms with Crippen molar-refractivity contribution in [3.05, 3.63) is 48.0 Å². The van der Waals surface area contributed by atoms with Crippen LogP contribution in [0.5, 0.6) is 0 Å². The Morgan fingerprint density at radius 3 is 2.50 bits per heavy atom. The number of sulfone groups is 1. The van der Waals surface area contributed by atoms with E-state index in [1.807, 2.05) is 24.3 Å². The van der Waals surface area contributed by atoms with Gasteiger partial charge in [0, 0.05) is 18.5 Å². The topological polar surface area (TPSA) is 63.4 Å². The zero-order valence-corrected chi connectivity index (χ0v) is 12.0. The van der Waals surface area contributed by atoms with E-state index in [0.29, 0.717) is 5.69 Å². The molecule has 0 fully saturated rings. The Bertz CT molecular complexity index is 769. The van der Waals surface area contributed by atoms with Crippen LogP contribution in [0.25, 0.3) is 0 Å². The molecule has 0 saturated carbocycles. The van der Waals surface area contributed by atoms with E-state index in [1.54, 1.807) is 12.1 Å². The molecule has 0 unspecified atom stereocenters. The second-order valence-electron chi connectivity index (χ2n) is 4.99. The highest BCUT2D eigenvalue weighted by molar-refractivity contribution is 7.90. The monoisotopic (exact) mass is 288 g/mol. The molecule has 1 aliphatic rings. The van der Waals surface area contributed by atoms with Gasteiger partial charge in [0.05, 0.1) is 16.3 Å². The van der Waals surface area contributed by atoms with Crippen LogP contribution in [0.2, 0.25) is 0 Å². The van der Waals surface area contributed by atoms with Crippen molar-refractivity contribution in [3.8, 4) is 0 Å². The van der Waals surface area contributed by atoms with Gasteiger partial charge < -0.3 is 10.6 Å². The minimum atomic E-state index is -3.31. The summed E-state index contributed by atoms with van der Waals surface area (Å²) in [4.78, 5) is 2.28. The quantitative estimate of drug-likeness (QED) is 0.862. The fourth-order valence-electron chi connectivity index (χ4n) is 2.68. The Kier molecular flexibility index (Phi) is 2.94. The minimum absolute atomic E-state index is 0.194. The summed E-state index contributed by atoms with van der Waals surface area (Å²) in [6.45, 7) is 0.816. The van der Waals surface area contributed by atoms with E-state index in [4.69, 9.17) is 5.73 Å². The van der Waals surface area contributed by atoms with Gasteiger partial charge in [-0.25, -0.2) is 8.42 Å². The first-order chi connectivity index (χ1) is 9.48. The highest BCUT2D eigenvalue weighted by Gasteiger charge is 2.23. The molecule has 104 valence electrons.